The molecule has 1 fully saturated rings. The first-order valence-electron chi connectivity index (χ1n) is 10.4. The third-order valence-corrected chi connectivity index (χ3v) is 6.16. The number of carbonyl (C=O) groups is 2. The van der Waals surface area contributed by atoms with Crippen molar-refractivity contribution in [2.75, 3.05) is 12.4 Å². The zero-order valence-electron chi connectivity index (χ0n) is 17.8. The van der Waals surface area contributed by atoms with Crippen molar-refractivity contribution >= 4 is 28.8 Å². The minimum Gasteiger partial charge on any atom is -0.489 e. The summed E-state index contributed by atoms with van der Waals surface area (Å²) in [5.41, 5.74) is 2.79. The number of ether oxygens (including phenoxy) is 2. The predicted octanol–water partition coefficient (Wildman–Crippen LogP) is 4.65. The van der Waals surface area contributed by atoms with Crippen LogP contribution >= 0.6 is 11.8 Å². The van der Waals surface area contributed by atoms with Crippen molar-refractivity contribution in [3.05, 3.63) is 89.6 Å². The molecule has 0 saturated carbocycles. The molecule has 2 aliphatic rings. The van der Waals surface area contributed by atoms with Gasteiger partial charge in [-0.2, -0.15) is 0 Å². The lowest BCUT2D eigenvalue weighted by molar-refractivity contribution is -0.139. The van der Waals surface area contributed by atoms with Crippen LogP contribution < -0.4 is 4.74 Å². The summed E-state index contributed by atoms with van der Waals surface area (Å²) < 4.78 is 11.2. The third-order valence-electron chi connectivity index (χ3n) is 5.20. The van der Waals surface area contributed by atoms with Crippen molar-refractivity contribution in [2.45, 2.75) is 26.0 Å². The Kier molecular flexibility index (Phi) is 6.75. The number of carbonyl (C=O) groups excluding carboxylic acids is 2. The highest BCUT2D eigenvalue weighted by atomic mass is 32.2. The van der Waals surface area contributed by atoms with E-state index in [1.54, 1.807) is 11.8 Å². The summed E-state index contributed by atoms with van der Waals surface area (Å²) in [6.07, 6.45) is 1.91. The first-order chi connectivity index (χ1) is 15.6. The van der Waals surface area contributed by atoms with Crippen molar-refractivity contribution in [1.82, 2.24) is 4.90 Å². The summed E-state index contributed by atoms with van der Waals surface area (Å²) in [4.78, 5) is 31.9. The summed E-state index contributed by atoms with van der Waals surface area (Å²) in [5, 5.41) is 0.619. The predicted molar refractivity (Wildman–Crippen MR) is 125 cm³/mol. The van der Waals surface area contributed by atoms with Gasteiger partial charge in [-0.1, -0.05) is 66.9 Å². The summed E-state index contributed by atoms with van der Waals surface area (Å²) in [5.74, 6) is 0.830. The first-order valence-corrected chi connectivity index (χ1v) is 11.4. The van der Waals surface area contributed by atoms with Crippen molar-refractivity contribution in [3.8, 4) is 5.75 Å². The Morgan fingerprint density at radius 3 is 2.69 bits per heavy atom. The van der Waals surface area contributed by atoms with Gasteiger partial charge in [0.25, 0.3) is 0 Å². The molecule has 2 aromatic rings. The molecule has 4 rings (SSSR count). The number of thioether (sulfide) groups is 1. The van der Waals surface area contributed by atoms with Crippen molar-refractivity contribution < 1.29 is 19.1 Å². The van der Waals surface area contributed by atoms with E-state index >= 15 is 0 Å². The van der Waals surface area contributed by atoms with Crippen LogP contribution in [-0.2, 0) is 20.9 Å². The Balaban J connectivity index is 1.63. The highest BCUT2D eigenvalue weighted by Gasteiger charge is 2.41. The van der Waals surface area contributed by atoms with Crippen LogP contribution in [-0.4, -0.2) is 34.3 Å². The van der Waals surface area contributed by atoms with E-state index in [0.717, 1.165) is 11.1 Å². The number of aliphatic imine (C=N–C) groups is 1. The van der Waals surface area contributed by atoms with E-state index in [1.807, 2.05) is 54.6 Å². The molecule has 32 heavy (non-hydrogen) atoms. The molecule has 0 aliphatic carbocycles. The van der Waals surface area contributed by atoms with Crippen molar-refractivity contribution in [3.63, 3.8) is 0 Å². The quantitative estimate of drug-likeness (QED) is 0.456. The molecule has 2 heterocycles. The van der Waals surface area contributed by atoms with Crippen LogP contribution in [0.1, 0.15) is 30.5 Å². The highest BCUT2D eigenvalue weighted by molar-refractivity contribution is 8.14. The summed E-state index contributed by atoms with van der Waals surface area (Å²) in [6, 6.07) is 16.8. The fraction of sp³-hybridized carbons (Fsp3) is 0.240. The minimum atomic E-state index is -0.594. The number of hydrogen-bond donors (Lipinski definition) is 0. The number of nitrogens with zero attached hydrogens (tertiary/aromatic N) is 2. The molecule has 0 spiro atoms. The molecule has 2 aliphatic heterocycles. The lowest BCUT2D eigenvalue weighted by Gasteiger charge is -2.38. The van der Waals surface area contributed by atoms with E-state index in [-0.39, 0.29) is 12.5 Å². The van der Waals surface area contributed by atoms with Crippen molar-refractivity contribution in [1.29, 1.82) is 0 Å². The van der Waals surface area contributed by atoms with Crippen LogP contribution in [0, 0.1) is 0 Å². The fourth-order valence-electron chi connectivity index (χ4n) is 3.67. The average Bonchev–Trinajstić information content (AvgIpc) is 2.81. The third kappa shape index (κ3) is 4.62. The van der Waals surface area contributed by atoms with Crippen LogP contribution in [0.4, 0.5) is 0 Å². The SMILES string of the molecule is C=CCOC(=O)C1=C(C)N=C2SCCC(=O)N2[C@@H]1c1ccc(OCc2ccccc2)cc1. The zero-order valence-corrected chi connectivity index (χ0v) is 18.6. The zero-order chi connectivity index (χ0) is 22.5. The van der Waals surface area contributed by atoms with E-state index in [9.17, 15) is 9.59 Å². The number of esters is 1. The normalized spacial score (nSPS) is 18.0. The minimum absolute atomic E-state index is 0.0570. The number of benzene rings is 2. The molecular formula is C25H24N2O4S. The van der Waals surface area contributed by atoms with Crippen LogP contribution in [0.2, 0.25) is 0 Å². The topological polar surface area (TPSA) is 68.2 Å². The van der Waals surface area contributed by atoms with Gasteiger partial charge in [0.05, 0.1) is 17.3 Å². The monoisotopic (exact) mass is 448 g/mol. The highest BCUT2D eigenvalue weighted by Crippen LogP contribution is 2.40. The molecule has 1 atom stereocenters. The Hall–Kier alpha value is -3.32. The van der Waals surface area contributed by atoms with E-state index < -0.39 is 12.0 Å². The van der Waals surface area contributed by atoms with Gasteiger partial charge in [0.2, 0.25) is 5.91 Å². The van der Waals surface area contributed by atoms with E-state index in [1.165, 1.54) is 17.8 Å². The van der Waals surface area contributed by atoms with E-state index in [0.29, 0.717) is 41.0 Å². The lowest BCUT2D eigenvalue weighted by Crippen LogP contribution is -2.45. The maximum absolute atomic E-state index is 12.9. The molecule has 7 heteroatoms. The molecule has 0 aromatic heterocycles. The fourth-order valence-corrected chi connectivity index (χ4v) is 4.68. The number of hydrogen-bond acceptors (Lipinski definition) is 6. The lowest BCUT2D eigenvalue weighted by atomic mass is 9.94. The second-order valence-corrected chi connectivity index (χ2v) is 8.45. The number of allylic oxidation sites excluding steroid dienone is 1. The number of rotatable bonds is 7. The number of amidine groups is 1. The number of fused-ring (bicyclic) bond motifs is 1. The molecule has 1 amide bonds. The standard InChI is InChI=1S/C25H24N2O4S/c1-3-14-30-24(29)22-17(2)26-25-27(21(28)13-15-32-25)23(22)19-9-11-20(12-10-19)31-16-18-7-5-4-6-8-18/h3-12,23H,1,13-16H2,2H3/t23-/m1/s1. The molecule has 6 nitrogen and oxygen atoms in total. The largest absolute Gasteiger partial charge is 0.489 e. The van der Waals surface area contributed by atoms with Crippen molar-refractivity contribution in [2.24, 2.45) is 4.99 Å². The van der Waals surface area contributed by atoms with Gasteiger partial charge in [-0.05, 0) is 30.2 Å². The van der Waals surface area contributed by atoms with Gasteiger partial charge in [-0.15, -0.1) is 0 Å². The van der Waals surface area contributed by atoms with Crippen LogP contribution in [0.3, 0.4) is 0 Å². The smallest absolute Gasteiger partial charge is 0.338 e. The molecule has 164 valence electrons. The summed E-state index contributed by atoms with van der Waals surface area (Å²) in [7, 11) is 0. The summed E-state index contributed by atoms with van der Waals surface area (Å²) >= 11 is 1.52. The van der Waals surface area contributed by atoms with Crippen LogP contribution in [0.15, 0.2) is 83.5 Å². The van der Waals surface area contributed by atoms with Crippen LogP contribution in [0.5, 0.6) is 5.75 Å². The van der Waals surface area contributed by atoms with Gasteiger partial charge in [-0.25, -0.2) is 9.79 Å². The molecule has 1 saturated heterocycles. The second-order valence-electron chi connectivity index (χ2n) is 7.39. The van der Waals surface area contributed by atoms with Gasteiger partial charge >= 0.3 is 5.97 Å². The molecule has 0 N–H and O–H groups in total. The maximum atomic E-state index is 12.9. The van der Waals surface area contributed by atoms with Gasteiger partial charge < -0.3 is 9.47 Å². The molecule has 0 radical (unpaired) electrons. The Morgan fingerprint density at radius 2 is 1.97 bits per heavy atom. The van der Waals surface area contributed by atoms with E-state index in [4.69, 9.17) is 9.47 Å². The van der Waals surface area contributed by atoms with Gasteiger partial charge in [0.15, 0.2) is 5.17 Å². The Bertz CT molecular complexity index is 1080. The Labute approximate surface area is 191 Å². The maximum Gasteiger partial charge on any atom is 0.338 e. The average molecular weight is 449 g/mol. The molecule has 0 unspecified atom stereocenters. The first kappa shape index (κ1) is 21.9. The molecule has 2 aromatic carbocycles. The molecular weight excluding hydrogens is 424 g/mol. The van der Waals surface area contributed by atoms with Gasteiger partial charge in [0, 0.05) is 12.2 Å². The van der Waals surface area contributed by atoms with Crippen LogP contribution in [0.25, 0.3) is 0 Å². The van der Waals surface area contributed by atoms with Gasteiger partial charge in [0.1, 0.15) is 19.0 Å². The van der Waals surface area contributed by atoms with Gasteiger partial charge in [-0.3, -0.25) is 9.69 Å². The second kappa shape index (κ2) is 9.87. The number of amides is 1. The Morgan fingerprint density at radius 1 is 1.22 bits per heavy atom. The molecule has 0 bridgehead atoms. The summed E-state index contributed by atoms with van der Waals surface area (Å²) in [6.45, 7) is 5.92. The van der Waals surface area contributed by atoms with E-state index in [2.05, 4.69) is 11.6 Å².